The lowest BCUT2D eigenvalue weighted by atomic mass is 9.89. The van der Waals surface area contributed by atoms with Crippen LogP contribution in [0.2, 0.25) is 0 Å². The first-order valence-electron chi connectivity index (χ1n) is 15.7. The highest BCUT2D eigenvalue weighted by atomic mass is 16.5. The van der Waals surface area contributed by atoms with Crippen molar-refractivity contribution in [3.8, 4) is 0 Å². The first-order chi connectivity index (χ1) is 21.5. The van der Waals surface area contributed by atoms with Gasteiger partial charge >= 0.3 is 0 Å². The van der Waals surface area contributed by atoms with E-state index in [0.717, 1.165) is 5.56 Å². The Bertz CT molecular complexity index is 1420. The van der Waals surface area contributed by atoms with Crippen LogP contribution in [0.25, 0.3) is 11.4 Å². The van der Waals surface area contributed by atoms with E-state index >= 15 is 0 Å². The second kappa shape index (κ2) is 15.5. The maximum absolute atomic E-state index is 13.8. The number of nitrogens with zero attached hydrogens (tertiary/aromatic N) is 2. The number of aliphatic hydroxyl groups is 1. The van der Waals surface area contributed by atoms with Crippen molar-refractivity contribution in [3.63, 3.8) is 0 Å². The van der Waals surface area contributed by atoms with Gasteiger partial charge in [0.05, 0.1) is 29.2 Å². The number of benzene rings is 2. The lowest BCUT2D eigenvalue weighted by Gasteiger charge is -2.34. The molecule has 0 fully saturated rings. The number of nitrogens with one attached hydrogen (secondary N) is 2. The molecule has 252 valence electrons. The molecule has 0 spiro atoms. The van der Waals surface area contributed by atoms with Crippen molar-refractivity contribution in [3.05, 3.63) is 65.2 Å². The molecule has 0 saturated carbocycles. The Morgan fingerprint density at radius 2 is 1.65 bits per heavy atom. The fraction of sp³-hybridized carbons (Fsp3) is 0.500. The second-order valence-electron chi connectivity index (χ2n) is 13.3. The molecule has 46 heavy (non-hydrogen) atoms. The monoisotopic (exact) mass is 637 g/mol. The van der Waals surface area contributed by atoms with Crippen molar-refractivity contribution in [1.82, 2.24) is 15.6 Å². The molecule has 0 saturated heterocycles. The van der Waals surface area contributed by atoms with E-state index in [1.165, 1.54) is 5.01 Å². The van der Waals surface area contributed by atoms with Crippen LogP contribution >= 0.6 is 0 Å². The minimum atomic E-state index is -1.07. The summed E-state index contributed by atoms with van der Waals surface area (Å²) in [4.78, 5) is 39.8. The summed E-state index contributed by atoms with van der Waals surface area (Å²) in [6.07, 6.45) is -0.666. The number of rotatable bonds is 15. The molecule has 3 amide bonds. The summed E-state index contributed by atoms with van der Waals surface area (Å²) in [7, 11) is 0. The number of anilines is 1. The number of primary amides is 1. The van der Waals surface area contributed by atoms with Crippen molar-refractivity contribution in [1.29, 1.82) is 0 Å². The van der Waals surface area contributed by atoms with Gasteiger partial charge in [-0.25, -0.2) is 5.84 Å². The molecule has 12 heteroatoms. The minimum Gasteiger partial charge on any atom is -0.396 e. The third kappa shape index (κ3) is 9.52. The predicted molar refractivity (Wildman–Crippen MR) is 180 cm³/mol. The fourth-order valence-electron chi connectivity index (χ4n) is 4.96. The first-order valence-corrected chi connectivity index (χ1v) is 15.7. The molecular weight excluding hydrogens is 586 g/mol. The molecule has 1 atom stereocenters. The number of carbonyl (C=O) groups is 3. The van der Waals surface area contributed by atoms with Gasteiger partial charge in [0.2, 0.25) is 17.7 Å². The molecule has 1 aliphatic rings. The number of carbonyl (C=O) groups excluding carboxylic acids is 3. The number of hydrazine groups is 1. The summed E-state index contributed by atoms with van der Waals surface area (Å²) >= 11 is 0. The molecule has 2 aromatic carbocycles. The summed E-state index contributed by atoms with van der Waals surface area (Å²) in [5, 5.41) is 18.3. The Morgan fingerprint density at radius 3 is 2.30 bits per heavy atom. The van der Waals surface area contributed by atoms with Gasteiger partial charge in [0.1, 0.15) is 0 Å². The molecule has 9 N–H and O–H groups in total. The number of ether oxygens (including phenoxy) is 1. The Morgan fingerprint density at radius 1 is 1.02 bits per heavy atom. The Kier molecular flexibility index (Phi) is 12.3. The number of amides is 3. The van der Waals surface area contributed by atoms with E-state index in [2.05, 4.69) is 10.6 Å². The smallest absolute Gasteiger partial charge is 0.227 e. The number of nitrogens with two attached hydrogens (primary N) is 3. The van der Waals surface area contributed by atoms with E-state index in [1.807, 2.05) is 76.2 Å². The van der Waals surface area contributed by atoms with Gasteiger partial charge in [-0.15, -0.1) is 0 Å². The standard InChI is InChI=1S/C34H51N7O5/c1-22(2)38-19-29(44)41(37)31-24-12-8-7-11-23(24)20-40(26-14-10-9-13-25(26)30(31)35)28(43)16-15-27(42)39-21-34(5,6)46-18-17-33(3,4)32(36)45/h7-14,22,29,38,44H,15-21,35,37H2,1-6H3,(H2,36,45)(H,39,42)/b31-30-. The fourth-order valence-corrected chi connectivity index (χ4v) is 4.96. The zero-order valence-electron chi connectivity index (χ0n) is 27.9. The molecule has 1 heterocycles. The van der Waals surface area contributed by atoms with Crippen molar-refractivity contribution in [2.75, 3.05) is 24.6 Å². The summed E-state index contributed by atoms with van der Waals surface area (Å²) in [6.45, 7) is 12.1. The second-order valence-corrected chi connectivity index (χ2v) is 13.3. The molecule has 3 rings (SSSR count). The average Bonchev–Trinajstić information content (AvgIpc) is 3.00. The zero-order valence-corrected chi connectivity index (χ0v) is 27.9. The highest BCUT2D eigenvalue weighted by Crippen LogP contribution is 2.37. The van der Waals surface area contributed by atoms with E-state index in [1.54, 1.807) is 18.7 Å². The normalized spacial score (nSPS) is 15.8. The van der Waals surface area contributed by atoms with Crippen LogP contribution in [-0.2, 0) is 25.7 Å². The van der Waals surface area contributed by atoms with E-state index < -0.39 is 23.2 Å². The molecular formula is C34H51N7O5. The van der Waals surface area contributed by atoms with E-state index in [0.29, 0.717) is 41.2 Å². The minimum absolute atomic E-state index is 0.0217. The quantitative estimate of drug-likeness (QED) is 0.0968. The van der Waals surface area contributed by atoms with Gasteiger partial charge in [0, 0.05) is 55.1 Å². The number of aliphatic hydroxyl groups excluding tert-OH is 1. The van der Waals surface area contributed by atoms with Gasteiger partial charge in [-0.2, -0.15) is 0 Å². The third-order valence-electron chi connectivity index (χ3n) is 8.09. The molecule has 0 radical (unpaired) electrons. The number of hydrogen-bond acceptors (Lipinski definition) is 9. The average molecular weight is 638 g/mol. The number of para-hydroxylation sites is 1. The summed E-state index contributed by atoms with van der Waals surface area (Å²) in [6, 6.07) is 14.9. The van der Waals surface area contributed by atoms with Crippen LogP contribution in [0.4, 0.5) is 5.69 Å². The Labute approximate surface area is 272 Å². The lowest BCUT2D eigenvalue weighted by molar-refractivity contribution is -0.128. The lowest BCUT2D eigenvalue weighted by Crippen LogP contribution is -2.47. The maximum Gasteiger partial charge on any atom is 0.227 e. The van der Waals surface area contributed by atoms with Crippen LogP contribution in [0.3, 0.4) is 0 Å². The van der Waals surface area contributed by atoms with Gasteiger partial charge in [-0.05, 0) is 31.9 Å². The van der Waals surface area contributed by atoms with Gasteiger partial charge in [-0.1, -0.05) is 70.2 Å². The number of hydrogen-bond donors (Lipinski definition) is 6. The van der Waals surface area contributed by atoms with Crippen LogP contribution in [-0.4, -0.2) is 65.4 Å². The SMILES string of the molecule is CC(C)NCC(O)N(N)/C1=C(\N)c2ccccc2N(C(=O)CCC(=O)NCC(C)(C)OCCC(C)(C)C(N)=O)Cc2ccccc21. The maximum atomic E-state index is 13.8. The Balaban J connectivity index is 1.76. The molecule has 2 aromatic rings. The van der Waals surface area contributed by atoms with Crippen molar-refractivity contribution < 1.29 is 24.2 Å². The topological polar surface area (TPSA) is 189 Å². The summed E-state index contributed by atoms with van der Waals surface area (Å²) < 4.78 is 5.91. The van der Waals surface area contributed by atoms with Crippen molar-refractivity contribution in [2.24, 2.45) is 22.7 Å². The molecule has 1 aliphatic heterocycles. The predicted octanol–water partition coefficient (Wildman–Crippen LogP) is 2.40. The molecule has 0 bridgehead atoms. The molecule has 0 aromatic heterocycles. The van der Waals surface area contributed by atoms with Crippen molar-refractivity contribution >= 4 is 34.8 Å². The Hall–Kier alpha value is -3.97. The van der Waals surface area contributed by atoms with E-state index in [9.17, 15) is 19.5 Å². The van der Waals surface area contributed by atoms with Crippen LogP contribution in [0.5, 0.6) is 0 Å². The van der Waals surface area contributed by atoms with Crippen LogP contribution in [0, 0.1) is 5.41 Å². The van der Waals surface area contributed by atoms with Crippen molar-refractivity contribution in [2.45, 2.75) is 85.2 Å². The highest BCUT2D eigenvalue weighted by Gasteiger charge is 2.30. The summed E-state index contributed by atoms with van der Waals surface area (Å²) in [5.41, 5.74) is 14.3. The molecule has 0 aliphatic carbocycles. The largest absolute Gasteiger partial charge is 0.396 e. The van der Waals surface area contributed by atoms with Crippen LogP contribution < -0.4 is 32.8 Å². The van der Waals surface area contributed by atoms with E-state index in [4.69, 9.17) is 22.0 Å². The first kappa shape index (κ1) is 36.5. The molecule has 1 unspecified atom stereocenters. The van der Waals surface area contributed by atoms with Crippen LogP contribution in [0.1, 0.15) is 77.5 Å². The van der Waals surface area contributed by atoms with Gasteiger partial charge in [0.15, 0.2) is 6.23 Å². The van der Waals surface area contributed by atoms with Crippen LogP contribution in [0.15, 0.2) is 48.5 Å². The van der Waals surface area contributed by atoms with Gasteiger partial charge in [0.25, 0.3) is 0 Å². The molecule has 12 nitrogen and oxygen atoms in total. The van der Waals surface area contributed by atoms with Gasteiger partial charge < -0.3 is 36.8 Å². The van der Waals surface area contributed by atoms with E-state index in [-0.39, 0.29) is 50.3 Å². The zero-order chi connectivity index (χ0) is 34.2. The third-order valence-corrected chi connectivity index (χ3v) is 8.09. The number of fused-ring (bicyclic) bond motifs is 2. The highest BCUT2D eigenvalue weighted by molar-refractivity contribution is 6.01. The van der Waals surface area contributed by atoms with Gasteiger partial charge in [-0.3, -0.25) is 19.4 Å². The summed E-state index contributed by atoms with van der Waals surface area (Å²) in [5.74, 6) is 5.58.